The molecule has 0 atom stereocenters. The molecule has 1 aromatic heterocycles. The molecule has 5 nitrogen and oxygen atoms in total. The molecule has 27 heavy (non-hydrogen) atoms. The van der Waals surface area contributed by atoms with Crippen LogP contribution in [0.1, 0.15) is 16.7 Å². The Kier molecular flexibility index (Phi) is 5.46. The predicted molar refractivity (Wildman–Crippen MR) is 105 cm³/mol. The minimum atomic E-state index is -0.494. The molecule has 0 saturated carbocycles. The van der Waals surface area contributed by atoms with Crippen molar-refractivity contribution in [2.24, 2.45) is 0 Å². The molecule has 1 N–H and O–H groups in total. The van der Waals surface area contributed by atoms with Crippen LogP contribution in [0.5, 0.6) is 5.75 Å². The van der Waals surface area contributed by atoms with E-state index in [2.05, 4.69) is 10.3 Å². The van der Waals surface area contributed by atoms with Gasteiger partial charge in [-0.05, 0) is 54.8 Å². The highest BCUT2D eigenvalue weighted by Gasteiger charge is 2.12. The quantitative estimate of drug-likeness (QED) is 0.702. The Morgan fingerprint density at radius 1 is 1.26 bits per heavy atom. The molecule has 0 fully saturated rings. The first-order chi connectivity index (χ1) is 12.9. The molecule has 140 valence electrons. The van der Waals surface area contributed by atoms with Crippen molar-refractivity contribution in [3.05, 3.63) is 80.5 Å². The molecule has 0 amide bonds. The standard InChI is InChI=1S/C20H19ClFN3O2/c1-12-7-14(9-15(22)8-12)10-25-11-18(27-3)19(26)24-20(25)23-17-6-4-5-16(21)13(17)2/h4-9,11H,10H2,1-3H3,(H,23,24,26). The number of halogens is 2. The van der Waals surface area contributed by atoms with Crippen LogP contribution in [0.25, 0.3) is 0 Å². The molecule has 0 unspecified atom stereocenters. The average Bonchev–Trinajstić information content (AvgIpc) is 2.60. The summed E-state index contributed by atoms with van der Waals surface area (Å²) >= 11 is 6.17. The fraction of sp³-hybridized carbons (Fsp3) is 0.200. The first-order valence-electron chi connectivity index (χ1n) is 8.31. The Morgan fingerprint density at radius 3 is 2.74 bits per heavy atom. The summed E-state index contributed by atoms with van der Waals surface area (Å²) in [4.78, 5) is 16.2. The smallest absolute Gasteiger partial charge is 0.316 e. The third-order valence-corrected chi connectivity index (χ3v) is 4.56. The lowest BCUT2D eigenvalue weighted by molar-refractivity contribution is 0.402. The van der Waals surface area contributed by atoms with Gasteiger partial charge in [0.2, 0.25) is 11.7 Å². The first kappa shape index (κ1) is 18.9. The van der Waals surface area contributed by atoms with E-state index in [0.29, 0.717) is 17.5 Å². The number of ether oxygens (including phenoxy) is 1. The number of aromatic nitrogens is 2. The molecule has 0 spiro atoms. The van der Waals surface area contributed by atoms with Gasteiger partial charge in [0.05, 0.1) is 19.9 Å². The molecular formula is C20H19ClFN3O2. The molecule has 0 saturated heterocycles. The second-order valence-corrected chi connectivity index (χ2v) is 6.65. The molecule has 0 aliphatic carbocycles. The van der Waals surface area contributed by atoms with Crippen LogP contribution < -0.4 is 15.6 Å². The van der Waals surface area contributed by atoms with Gasteiger partial charge in [-0.3, -0.25) is 4.79 Å². The number of benzene rings is 2. The summed E-state index contributed by atoms with van der Waals surface area (Å²) in [6.07, 6.45) is 1.55. The van der Waals surface area contributed by atoms with Crippen molar-refractivity contribution < 1.29 is 9.13 Å². The van der Waals surface area contributed by atoms with Crippen molar-refractivity contribution in [2.45, 2.75) is 20.4 Å². The van der Waals surface area contributed by atoms with E-state index in [0.717, 1.165) is 22.4 Å². The lowest BCUT2D eigenvalue weighted by atomic mass is 10.1. The normalized spacial score (nSPS) is 10.7. The van der Waals surface area contributed by atoms with E-state index in [1.807, 2.05) is 26.0 Å². The van der Waals surface area contributed by atoms with Crippen LogP contribution >= 0.6 is 11.6 Å². The van der Waals surface area contributed by atoms with E-state index in [9.17, 15) is 9.18 Å². The van der Waals surface area contributed by atoms with Gasteiger partial charge in [0.15, 0.2) is 0 Å². The first-order valence-corrected chi connectivity index (χ1v) is 8.69. The Bertz CT molecular complexity index is 1030. The molecule has 2 aromatic carbocycles. The zero-order chi connectivity index (χ0) is 19.6. The van der Waals surface area contributed by atoms with Crippen molar-refractivity contribution >= 4 is 23.2 Å². The zero-order valence-electron chi connectivity index (χ0n) is 15.2. The van der Waals surface area contributed by atoms with Crippen molar-refractivity contribution in [3.63, 3.8) is 0 Å². The maximum absolute atomic E-state index is 13.8. The molecule has 0 aliphatic rings. The third-order valence-electron chi connectivity index (χ3n) is 4.15. The third kappa shape index (κ3) is 4.28. The molecule has 7 heteroatoms. The van der Waals surface area contributed by atoms with Gasteiger partial charge >= 0.3 is 5.56 Å². The van der Waals surface area contributed by atoms with Crippen molar-refractivity contribution in [2.75, 3.05) is 12.4 Å². The number of hydrogen-bond donors (Lipinski definition) is 1. The van der Waals surface area contributed by atoms with Gasteiger partial charge in [0.25, 0.3) is 0 Å². The van der Waals surface area contributed by atoms with E-state index in [1.165, 1.54) is 19.2 Å². The van der Waals surface area contributed by atoms with E-state index in [-0.39, 0.29) is 11.6 Å². The summed E-state index contributed by atoms with van der Waals surface area (Å²) in [5.41, 5.74) is 2.62. The number of rotatable bonds is 5. The van der Waals surface area contributed by atoms with Gasteiger partial charge in [-0.2, -0.15) is 4.98 Å². The van der Waals surface area contributed by atoms with E-state index >= 15 is 0 Å². The van der Waals surface area contributed by atoms with Gasteiger partial charge in [0, 0.05) is 10.7 Å². The Balaban J connectivity index is 2.05. The van der Waals surface area contributed by atoms with Crippen LogP contribution in [-0.2, 0) is 6.54 Å². The minimum absolute atomic E-state index is 0.108. The molecule has 0 radical (unpaired) electrons. The van der Waals surface area contributed by atoms with Crippen LogP contribution in [0.15, 0.2) is 47.4 Å². The summed E-state index contributed by atoms with van der Waals surface area (Å²) in [7, 11) is 1.41. The molecule has 1 heterocycles. The van der Waals surface area contributed by atoms with Gasteiger partial charge < -0.3 is 14.6 Å². The Labute approximate surface area is 161 Å². The van der Waals surface area contributed by atoms with Gasteiger partial charge in [-0.25, -0.2) is 4.39 Å². The number of hydrogen-bond acceptors (Lipinski definition) is 4. The largest absolute Gasteiger partial charge is 0.490 e. The fourth-order valence-electron chi connectivity index (χ4n) is 2.80. The summed E-state index contributed by atoms with van der Waals surface area (Å²) in [6.45, 7) is 4.00. The summed E-state index contributed by atoms with van der Waals surface area (Å²) in [5.74, 6) is 0.107. The lowest BCUT2D eigenvalue weighted by Gasteiger charge is -2.17. The molecule has 0 bridgehead atoms. The maximum Gasteiger partial charge on any atom is 0.316 e. The van der Waals surface area contributed by atoms with Crippen LogP contribution in [0.2, 0.25) is 5.02 Å². The average molecular weight is 388 g/mol. The second kappa shape index (κ2) is 7.80. The van der Waals surface area contributed by atoms with Gasteiger partial charge in [-0.1, -0.05) is 23.7 Å². The number of nitrogens with one attached hydrogen (secondary N) is 1. The highest BCUT2D eigenvalue weighted by atomic mass is 35.5. The molecule has 3 rings (SSSR count). The van der Waals surface area contributed by atoms with E-state index < -0.39 is 5.56 Å². The summed E-state index contributed by atoms with van der Waals surface area (Å²) in [5, 5.41) is 3.74. The molecular weight excluding hydrogens is 369 g/mol. The van der Waals surface area contributed by atoms with Gasteiger partial charge in [0.1, 0.15) is 5.82 Å². The van der Waals surface area contributed by atoms with Crippen LogP contribution in [0.3, 0.4) is 0 Å². The Morgan fingerprint density at radius 2 is 2.04 bits per heavy atom. The molecule has 0 aliphatic heterocycles. The van der Waals surface area contributed by atoms with E-state index in [1.54, 1.807) is 22.9 Å². The molecule has 3 aromatic rings. The van der Waals surface area contributed by atoms with E-state index in [4.69, 9.17) is 16.3 Å². The predicted octanol–water partition coefficient (Wildman–Crippen LogP) is 4.45. The lowest BCUT2D eigenvalue weighted by Crippen LogP contribution is -2.19. The SMILES string of the molecule is COc1cn(Cc2cc(C)cc(F)c2)c(Nc2cccc(Cl)c2C)nc1=O. The minimum Gasteiger partial charge on any atom is -0.490 e. The number of anilines is 2. The van der Waals surface area contributed by atoms with Crippen molar-refractivity contribution in [1.82, 2.24) is 9.55 Å². The number of nitrogens with zero attached hydrogens (tertiary/aromatic N) is 2. The van der Waals surface area contributed by atoms with Crippen molar-refractivity contribution in [1.29, 1.82) is 0 Å². The zero-order valence-corrected chi connectivity index (χ0v) is 16.0. The number of aryl methyl sites for hydroxylation is 1. The monoisotopic (exact) mass is 387 g/mol. The topological polar surface area (TPSA) is 56.1 Å². The second-order valence-electron chi connectivity index (χ2n) is 6.24. The van der Waals surface area contributed by atoms with Gasteiger partial charge in [-0.15, -0.1) is 0 Å². The Hall–Kier alpha value is -2.86. The fourth-order valence-corrected chi connectivity index (χ4v) is 2.97. The number of methoxy groups -OCH3 is 1. The van der Waals surface area contributed by atoms with Crippen LogP contribution in [-0.4, -0.2) is 16.7 Å². The van der Waals surface area contributed by atoms with Crippen LogP contribution in [0.4, 0.5) is 16.0 Å². The van der Waals surface area contributed by atoms with Crippen molar-refractivity contribution in [3.8, 4) is 5.75 Å². The summed E-state index contributed by atoms with van der Waals surface area (Å²) in [6, 6.07) is 10.2. The highest BCUT2D eigenvalue weighted by molar-refractivity contribution is 6.31. The van der Waals surface area contributed by atoms with Crippen LogP contribution in [0, 0.1) is 19.7 Å². The summed E-state index contributed by atoms with van der Waals surface area (Å²) < 4.78 is 20.6. The highest BCUT2D eigenvalue weighted by Crippen LogP contribution is 2.26. The maximum atomic E-state index is 13.8.